The largest absolute Gasteiger partial charge is 0.393 e. The molecule has 160 valence electrons. The van der Waals surface area contributed by atoms with Crippen molar-refractivity contribution in [1.82, 2.24) is 9.55 Å². The highest BCUT2D eigenvalue weighted by atomic mass is 16.3. The fourth-order valence-electron chi connectivity index (χ4n) is 8.43. The number of imidazole rings is 1. The van der Waals surface area contributed by atoms with Crippen molar-refractivity contribution in [2.45, 2.75) is 71.0 Å². The highest BCUT2D eigenvalue weighted by Gasteiger charge is 2.61. The Labute approximate surface area is 179 Å². The normalized spacial score (nSPS) is 45.5. The summed E-state index contributed by atoms with van der Waals surface area (Å²) in [7, 11) is 0. The van der Waals surface area contributed by atoms with Crippen LogP contribution in [-0.4, -0.2) is 32.0 Å². The van der Waals surface area contributed by atoms with Crippen LogP contribution in [0, 0.1) is 34.5 Å². The zero-order valence-corrected chi connectivity index (χ0v) is 18.2. The first-order valence-electron chi connectivity index (χ1n) is 11.9. The molecule has 0 radical (unpaired) electrons. The molecule has 4 unspecified atom stereocenters. The highest BCUT2D eigenvalue weighted by molar-refractivity contribution is 5.80. The molecule has 8 atom stereocenters. The first kappa shape index (κ1) is 19.1. The minimum atomic E-state index is -0.268. The van der Waals surface area contributed by atoms with Crippen LogP contribution >= 0.6 is 0 Å². The zero-order valence-electron chi connectivity index (χ0n) is 18.2. The molecule has 4 aliphatic rings. The Kier molecular flexibility index (Phi) is 4.09. The van der Waals surface area contributed by atoms with Crippen LogP contribution in [0.15, 0.2) is 36.7 Å². The number of aliphatic hydroxyl groups excluding tert-OH is 2. The summed E-state index contributed by atoms with van der Waals surface area (Å²) < 4.78 is 2.28. The summed E-state index contributed by atoms with van der Waals surface area (Å²) in [5.41, 5.74) is 3.70. The van der Waals surface area contributed by atoms with Crippen LogP contribution in [0.2, 0.25) is 0 Å². The van der Waals surface area contributed by atoms with Gasteiger partial charge in [0.1, 0.15) is 6.33 Å². The van der Waals surface area contributed by atoms with Gasteiger partial charge < -0.3 is 14.8 Å². The number of aliphatic hydroxyl groups is 2. The van der Waals surface area contributed by atoms with Crippen LogP contribution < -0.4 is 0 Å². The summed E-state index contributed by atoms with van der Waals surface area (Å²) in [6.07, 6.45) is 11.2. The van der Waals surface area contributed by atoms with E-state index in [1.807, 2.05) is 12.4 Å². The van der Waals surface area contributed by atoms with Crippen LogP contribution in [-0.2, 0) is 0 Å². The Morgan fingerprint density at radius 2 is 1.93 bits per heavy atom. The highest BCUT2D eigenvalue weighted by Crippen LogP contribution is 2.67. The minimum absolute atomic E-state index is 0.0125. The molecule has 3 fully saturated rings. The first-order valence-corrected chi connectivity index (χ1v) is 11.9. The molecular weight excluding hydrogens is 372 g/mol. The lowest BCUT2D eigenvalue weighted by Crippen LogP contribution is -2.58. The van der Waals surface area contributed by atoms with Crippen molar-refractivity contribution in [3.8, 4) is 0 Å². The van der Waals surface area contributed by atoms with Crippen LogP contribution in [0.25, 0.3) is 16.7 Å². The van der Waals surface area contributed by atoms with E-state index in [9.17, 15) is 10.2 Å². The Balaban J connectivity index is 1.37. The molecule has 4 heteroatoms. The van der Waals surface area contributed by atoms with Crippen molar-refractivity contribution in [3.05, 3.63) is 36.7 Å². The summed E-state index contributed by atoms with van der Waals surface area (Å²) in [6, 6.07) is 8.36. The molecule has 1 aromatic heterocycles. The van der Waals surface area contributed by atoms with Gasteiger partial charge in [0.25, 0.3) is 0 Å². The van der Waals surface area contributed by atoms with Crippen molar-refractivity contribution in [2.24, 2.45) is 34.5 Å². The fraction of sp³-hybridized carbons (Fsp3) is 0.654. The van der Waals surface area contributed by atoms with Gasteiger partial charge in [-0.25, -0.2) is 4.98 Å². The quantitative estimate of drug-likeness (QED) is 0.711. The number of hydrogen-bond acceptors (Lipinski definition) is 3. The molecule has 2 aromatic rings. The number of fused-ring (bicyclic) bond motifs is 6. The van der Waals surface area contributed by atoms with Gasteiger partial charge in [-0.2, -0.15) is 0 Å². The Morgan fingerprint density at radius 1 is 1.10 bits per heavy atom. The Bertz CT molecular complexity index is 1010. The smallest absolute Gasteiger partial charge is 0.100 e. The summed E-state index contributed by atoms with van der Waals surface area (Å²) in [5.74, 6) is 2.09. The third-order valence-corrected chi connectivity index (χ3v) is 9.82. The van der Waals surface area contributed by atoms with Crippen molar-refractivity contribution in [1.29, 1.82) is 0 Å². The summed E-state index contributed by atoms with van der Waals surface area (Å²) in [6.45, 7) is 4.82. The standard InChI is InChI=1S/C26H34N2O2/c1-25-12-11-17(29)13-16(25)7-8-18-19-9-10-23(26(19,2)14-22(30)24(18)25)28-15-27-20-5-3-4-6-21(20)28/h3-6,10,15-19,22,24,29-30H,7-9,11-14H2,1-2H3/t16-,17-,18?,19?,22?,24?,25+,26+/m1/s1. The van der Waals surface area contributed by atoms with Crippen LogP contribution in [0.1, 0.15) is 58.8 Å². The second-order valence-electron chi connectivity index (χ2n) is 11.1. The van der Waals surface area contributed by atoms with E-state index in [0.29, 0.717) is 23.7 Å². The molecule has 0 aliphatic heterocycles. The minimum Gasteiger partial charge on any atom is -0.393 e. The Morgan fingerprint density at radius 3 is 2.80 bits per heavy atom. The molecule has 4 nitrogen and oxygen atoms in total. The van der Waals surface area contributed by atoms with Crippen molar-refractivity contribution >= 4 is 16.7 Å². The summed E-state index contributed by atoms with van der Waals surface area (Å²) in [5, 5.41) is 21.9. The maximum Gasteiger partial charge on any atom is 0.100 e. The fourth-order valence-corrected chi connectivity index (χ4v) is 8.43. The molecule has 0 bridgehead atoms. The van der Waals surface area contributed by atoms with E-state index in [4.69, 9.17) is 0 Å². The topological polar surface area (TPSA) is 58.3 Å². The predicted octanol–water partition coefficient (Wildman–Crippen LogP) is 4.86. The molecule has 0 saturated heterocycles. The Hall–Kier alpha value is -1.65. The van der Waals surface area contributed by atoms with E-state index in [1.165, 1.54) is 24.1 Å². The average molecular weight is 407 g/mol. The predicted molar refractivity (Wildman–Crippen MR) is 119 cm³/mol. The number of benzene rings is 1. The molecule has 2 N–H and O–H groups in total. The molecule has 3 saturated carbocycles. The van der Waals surface area contributed by atoms with E-state index >= 15 is 0 Å². The third-order valence-electron chi connectivity index (χ3n) is 9.82. The first-order chi connectivity index (χ1) is 14.4. The lowest BCUT2D eigenvalue weighted by Gasteiger charge is -2.62. The van der Waals surface area contributed by atoms with Crippen molar-refractivity contribution < 1.29 is 10.2 Å². The molecule has 6 rings (SSSR count). The van der Waals surface area contributed by atoms with Gasteiger partial charge in [0.15, 0.2) is 0 Å². The van der Waals surface area contributed by atoms with Crippen molar-refractivity contribution in [3.63, 3.8) is 0 Å². The molecule has 1 aromatic carbocycles. The van der Waals surface area contributed by atoms with Gasteiger partial charge in [0.05, 0.1) is 23.2 Å². The van der Waals surface area contributed by atoms with Crippen molar-refractivity contribution in [2.75, 3.05) is 0 Å². The maximum atomic E-state index is 11.6. The number of hydrogen-bond donors (Lipinski definition) is 2. The number of nitrogens with zero attached hydrogens (tertiary/aromatic N) is 2. The van der Waals surface area contributed by atoms with Gasteiger partial charge in [-0.15, -0.1) is 0 Å². The van der Waals surface area contributed by atoms with Gasteiger partial charge in [0, 0.05) is 11.1 Å². The second kappa shape index (κ2) is 6.43. The van der Waals surface area contributed by atoms with E-state index in [0.717, 1.165) is 37.6 Å². The van der Waals surface area contributed by atoms with Gasteiger partial charge in [-0.1, -0.05) is 32.1 Å². The van der Waals surface area contributed by atoms with E-state index in [1.54, 1.807) is 0 Å². The SMILES string of the molecule is C[C@]12CC(O)C3C(CC[C@@H]4C[C@H](O)CC[C@]34C)C1CC=C2n1cnc2ccccc21. The lowest BCUT2D eigenvalue weighted by molar-refractivity contribution is -0.166. The summed E-state index contributed by atoms with van der Waals surface area (Å²) in [4.78, 5) is 4.64. The van der Waals surface area contributed by atoms with Crippen LogP contribution in [0.4, 0.5) is 0 Å². The van der Waals surface area contributed by atoms with E-state index < -0.39 is 0 Å². The number of aromatic nitrogens is 2. The summed E-state index contributed by atoms with van der Waals surface area (Å²) >= 11 is 0. The van der Waals surface area contributed by atoms with E-state index in [2.05, 4.69) is 47.7 Å². The van der Waals surface area contributed by atoms with Gasteiger partial charge in [-0.3, -0.25) is 0 Å². The average Bonchev–Trinajstić information content (AvgIpc) is 3.28. The number of para-hydroxylation sites is 2. The van der Waals surface area contributed by atoms with Crippen LogP contribution in [0.3, 0.4) is 0 Å². The van der Waals surface area contributed by atoms with E-state index in [-0.39, 0.29) is 23.0 Å². The number of allylic oxidation sites excluding steroid dienone is 2. The monoisotopic (exact) mass is 406 g/mol. The molecule has 0 amide bonds. The molecule has 1 heterocycles. The zero-order chi connectivity index (χ0) is 20.7. The number of rotatable bonds is 1. The lowest BCUT2D eigenvalue weighted by atomic mass is 9.44. The third kappa shape index (κ3) is 2.44. The maximum absolute atomic E-state index is 11.6. The van der Waals surface area contributed by atoms with Gasteiger partial charge >= 0.3 is 0 Å². The molecule has 4 aliphatic carbocycles. The molecule has 30 heavy (non-hydrogen) atoms. The molecule has 0 spiro atoms. The van der Waals surface area contributed by atoms with Gasteiger partial charge in [0.2, 0.25) is 0 Å². The molecular formula is C26H34N2O2. The van der Waals surface area contributed by atoms with Crippen LogP contribution in [0.5, 0.6) is 0 Å². The van der Waals surface area contributed by atoms with Gasteiger partial charge in [-0.05, 0) is 86.2 Å². The second-order valence-corrected chi connectivity index (χ2v) is 11.1.